The predicted molar refractivity (Wildman–Crippen MR) is 117 cm³/mol. The fourth-order valence-corrected chi connectivity index (χ4v) is 3.29. The summed E-state index contributed by atoms with van der Waals surface area (Å²) in [7, 11) is 0. The maximum absolute atomic E-state index is 12.4. The van der Waals surface area contributed by atoms with Gasteiger partial charge in [-0.3, -0.25) is 14.9 Å². The Labute approximate surface area is 176 Å². The zero-order chi connectivity index (χ0) is 20.6. The van der Waals surface area contributed by atoms with Crippen molar-refractivity contribution in [2.24, 2.45) is 0 Å². The lowest BCUT2D eigenvalue weighted by molar-refractivity contribution is 0.0792. The van der Waals surface area contributed by atoms with Gasteiger partial charge >= 0.3 is 0 Å². The third-order valence-corrected chi connectivity index (χ3v) is 4.78. The van der Waals surface area contributed by atoms with Crippen LogP contribution in [-0.4, -0.2) is 41.5 Å². The van der Waals surface area contributed by atoms with E-state index in [0.717, 1.165) is 32.4 Å². The summed E-state index contributed by atoms with van der Waals surface area (Å²) in [6.07, 6.45) is 3.02. The van der Waals surface area contributed by atoms with E-state index in [0.29, 0.717) is 29.2 Å². The van der Waals surface area contributed by atoms with E-state index >= 15 is 0 Å². The fraction of sp³-hybridized carbons (Fsp3) is 0.318. The van der Waals surface area contributed by atoms with Crippen molar-refractivity contribution < 1.29 is 14.3 Å². The minimum atomic E-state index is -0.315. The normalized spacial score (nSPS) is 13.1. The average molecular weight is 412 g/mol. The average Bonchev–Trinajstić information content (AvgIpc) is 3.27. The van der Waals surface area contributed by atoms with Gasteiger partial charge in [0.25, 0.3) is 11.8 Å². The highest BCUT2D eigenvalue weighted by Gasteiger charge is 2.19. The van der Waals surface area contributed by atoms with E-state index in [-0.39, 0.29) is 16.9 Å². The molecule has 0 spiro atoms. The third kappa shape index (κ3) is 5.77. The Balaban J connectivity index is 1.55. The minimum Gasteiger partial charge on any atom is -0.494 e. The van der Waals surface area contributed by atoms with Crippen LogP contribution in [0.15, 0.2) is 48.5 Å². The van der Waals surface area contributed by atoms with Crippen LogP contribution >= 0.6 is 12.2 Å². The van der Waals surface area contributed by atoms with Gasteiger partial charge < -0.3 is 15.0 Å². The Kier molecular flexibility index (Phi) is 7.19. The summed E-state index contributed by atoms with van der Waals surface area (Å²) in [5, 5.41) is 5.82. The van der Waals surface area contributed by atoms with Gasteiger partial charge in [0.15, 0.2) is 5.11 Å². The van der Waals surface area contributed by atoms with E-state index in [1.807, 2.05) is 17.9 Å². The van der Waals surface area contributed by atoms with Crippen molar-refractivity contribution in [3.63, 3.8) is 0 Å². The van der Waals surface area contributed by atoms with Gasteiger partial charge in [-0.25, -0.2) is 0 Å². The minimum absolute atomic E-state index is 0.0510. The number of ether oxygens (including phenoxy) is 1. The summed E-state index contributed by atoms with van der Waals surface area (Å²) >= 11 is 5.24. The molecule has 0 aliphatic carbocycles. The summed E-state index contributed by atoms with van der Waals surface area (Å²) in [4.78, 5) is 26.7. The molecule has 29 heavy (non-hydrogen) atoms. The van der Waals surface area contributed by atoms with Crippen molar-refractivity contribution in [3.8, 4) is 5.75 Å². The zero-order valence-electron chi connectivity index (χ0n) is 16.4. The van der Waals surface area contributed by atoms with Crippen LogP contribution in [0.5, 0.6) is 5.75 Å². The van der Waals surface area contributed by atoms with E-state index in [2.05, 4.69) is 10.6 Å². The number of amides is 2. The number of likely N-dealkylation sites (tertiary alicyclic amines) is 1. The monoisotopic (exact) mass is 411 g/mol. The molecule has 0 aromatic heterocycles. The molecule has 3 rings (SSSR count). The van der Waals surface area contributed by atoms with Crippen LogP contribution in [0.4, 0.5) is 5.69 Å². The molecule has 7 heteroatoms. The molecule has 0 radical (unpaired) electrons. The SMILES string of the molecule is CCCOc1cccc(C(=O)NC(=S)Nc2ccc(C(=O)N3CCCC3)cc2)c1. The lowest BCUT2D eigenvalue weighted by atomic mass is 10.2. The molecule has 0 saturated carbocycles. The molecule has 2 amide bonds. The first-order chi connectivity index (χ1) is 14.1. The summed E-state index contributed by atoms with van der Waals surface area (Å²) in [5.74, 6) is 0.386. The lowest BCUT2D eigenvalue weighted by Crippen LogP contribution is -2.34. The molecule has 0 unspecified atom stereocenters. The van der Waals surface area contributed by atoms with Gasteiger partial charge in [-0.2, -0.15) is 0 Å². The molecule has 152 valence electrons. The molecule has 1 heterocycles. The predicted octanol–water partition coefficient (Wildman–Crippen LogP) is 3.84. The van der Waals surface area contributed by atoms with Crippen molar-refractivity contribution in [1.29, 1.82) is 0 Å². The second-order valence-electron chi connectivity index (χ2n) is 6.86. The zero-order valence-corrected chi connectivity index (χ0v) is 17.3. The summed E-state index contributed by atoms with van der Waals surface area (Å²) in [6.45, 7) is 4.26. The second-order valence-corrected chi connectivity index (χ2v) is 7.27. The summed E-state index contributed by atoms with van der Waals surface area (Å²) in [6, 6.07) is 14.1. The highest BCUT2D eigenvalue weighted by atomic mass is 32.1. The Morgan fingerprint density at radius 3 is 2.48 bits per heavy atom. The van der Waals surface area contributed by atoms with E-state index in [4.69, 9.17) is 17.0 Å². The number of hydrogen-bond donors (Lipinski definition) is 2. The van der Waals surface area contributed by atoms with Crippen LogP contribution in [0.25, 0.3) is 0 Å². The van der Waals surface area contributed by atoms with Crippen LogP contribution < -0.4 is 15.4 Å². The van der Waals surface area contributed by atoms with Gasteiger partial charge in [0.05, 0.1) is 6.61 Å². The van der Waals surface area contributed by atoms with Crippen LogP contribution in [0.2, 0.25) is 0 Å². The Hall–Kier alpha value is -2.93. The number of carbonyl (C=O) groups is 2. The number of carbonyl (C=O) groups excluding carboxylic acids is 2. The van der Waals surface area contributed by atoms with Crippen LogP contribution in [0, 0.1) is 0 Å². The first-order valence-corrected chi connectivity index (χ1v) is 10.2. The van der Waals surface area contributed by atoms with Crippen molar-refractivity contribution >= 4 is 34.8 Å². The topological polar surface area (TPSA) is 70.7 Å². The number of hydrogen-bond acceptors (Lipinski definition) is 4. The van der Waals surface area contributed by atoms with Gasteiger partial charge in [-0.05, 0) is 73.9 Å². The van der Waals surface area contributed by atoms with E-state index in [1.54, 1.807) is 42.5 Å². The molecular formula is C22H25N3O3S. The smallest absolute Gasteiger partial charge is 0.257 e. The number of thiocarbonyl (C=S) groups is 1. The van der Waals surface area contributed by atoms with Gasteiger partial charge in [-0.15, -0.1) is 0 Å². The maximum atomic E-state index is 12.4. The first-order valence-electron chi connectivity index (χ1n) is 9.81. The molecule has 1 fully saturated rings. The summed E-state index contributed by atoms with van der Waals surface area (Å²) < 4.78 is 5.55. The molecule has 2 aromatic rings. The molecule has 1 aliphatic rings. The molecule has 1 saturated heterocycles. The second kappa shape index (κ2) is 10.0. The Morgan fingerprint density at radius 2 is 1.79 bits per heavy atom. The molecule has 1 aliphatic heterocycles. The van der Waals surface area contributed by atoms with Crippen molar-refractivity contribution in [2.75, 3.05) is 25.0 Å². The summed E-state index contributed by atoms with van der Waals surface area (Å²) in [5.41, 5.74) is 1.82. The van der Waals surface area contributed by atoms with Gasteiger partial charge in [-0.1, -0.05) is 13.0 Å². The molecule has 2 N–H and O–H groups in total. The molecule has 0 bridgehead atoms. The van der Waals surface area contributed by atoms with E-state index in [9.17, 15) is 9.59 Å². The Morgan fingerprint density at radius 1 is 1.07 bits per heavy atom. The number of anilines is 1. The van der Waals surface area contributed by atoms with Crippen LogP contribution in [0.1, 0.15) is 46.9 Å². The third-order valence-electron chi connectivity index (χ3n) is 4.58. The van der Waals surface area contributed by atoms with Gasteiger partial charge in [0.2, 0.25) is 0 Å². The maximum Gasteiger partial charge on any atom is 0.257 e. The number of rotatable bonds is 6. The van der Waals surface area contributed by atoms with Gasteiger partial charge in [0.1, 0.15) is 5.75 Å². The van der Waals surface area contributed by atoms with Crippen LogP contribution in [0.3, 0.4) is 0 Å². The molecule has 0 atom stereocenters. The van der Waals surface area contributed by atoms with Gasteiger partial charge in [0, 0.05) is 29.9 Å². The number of nitrogens with zero attached hydrogens (tertiary/aromatic N) is 1. The first kappa shape index (κ1) is 20.8. The number of benzene rings is 2. The van der Waals surface area contributed by atoms with E-state index in [1.165, 1.54) is 0 Å². The Bertz CT molecular complexity index is 877. The lowest BCUT2D eigenvalue weighted by Gasteiger charge is -2.15. The largest absolute Gasteiger partial charge is 0.494 e. The van der Waals surface area contributed by atoms with Crippen LogP contribution in [-0.2, 0) is 0 Å². The quantitative estimate of drug-likeness (QED) is 0.707. The van der Waals surface area contributed by atoms with Crippen molar-refractivity contribution in [3.05, 3.63) is 59.7 Å². The molecular weight excluding hydrogens is 386 g/mol. The number of nitrogens with one attached hydrogen (secondary N) is 2. The van der Waals surface area contributed by atoms with Crippen molar-refractivity contribution in [2.45, 2.75) is 26.2 Å². The van der Waals surface area contributed by atoms with E-state index < -0.39 is 0 Å². The van der Waals surface area contributed by atoms with Crippen molar-refractivity contribution in [1.82, 2.24) is 10.2 Å². The standard InChI is InChI=1S/C22H25N3O3S/c1-2-14-28-19-7-5-6-17(15-19)20(26)24-22(29)23-18-10-8-16(9-11-18)21(27)25-12-3-4-13-25/h5-11,15H,2-4,12-14H2,1H3,(H2,23,24,26,29). The highest BCUT2D eigenvalue weighted by Crippen LogP contribution is 2.16. The molecule has 6 nitrogen and oxygen atoms in total. The highest BCUT2D eigenvalue weighted by molar-refractivity contribution is 7.80. The fourth-order valence-electron chi connectivity index (χ4n) is 3.08. The molecule has 2 aromatic carbocycles.